The van der Waals surface area contributed by atoms with E-state index in [1.165, 1.54) is 0 Å². The lowest BCUT2D eigenvalue weighted by atomic mass is 11.7. The van der Waals surface area contributed by atoms with Crippen molar-refractivity contribution in [3.8, 4) is 0 Å². The van der Waals surface area contributed by atoms with Crippen molar-refractivity contribution in [1.82, 2.24) is 0 Å². The Bertz CT molecular complexity index is 144. The van der Waals surface area contributed by atoms with Gasteiger partial charge in [-0.05, 0) is 0 Å². The first kappa shape index (κ1) is 6.47. The first-order valence-electron chi connectivity index (χ1n) is 1.15. The molecule has 40 valence electrons. The van der Waals surface area contributed by atoms with Gasteiger partial charge in [0, 0.05) is 0 Å². The fourth-order valence-corrected chi connectivity index (χ4v) is 0.143. The third-order valence-electron chi connectivity index (χ3n) is 0.157. The maximum atomic E-state index is 10.8. The SMILES string of the molecule is O=C=NP(=O)(F)F. The van der Waals surface area contributed by atoms with E-state index in [1.54, 1.807) is 4.76 Å². The summed E-state index contributed by atoms with van der Waals surface area (Å²) < 4.78 is 32.4. The first-order chi connectivity index (χ1) is 3.06. The Kier molecular flexibility index (Phi) is 1.81. The van der Waals surface area contributed by atoms with Crippen LogP contribution in [0.25, 0.3) is 0 Å². The minimum absolute atomic E-state index is 0.470. The predicted octanol–water partition coefficient (Wildman–Crippen LogP) is 1.37. The van der Waals surface area contributed by atoms with Crippen LogP contribution >= 0.6 is 7.91 Å². The lowest BCUT2D eigenvalue weighted by Crippen LogP contribution is -1.48. The smallest absolute Gasteiger partial charge is 0.223 e. The number of carbonyl (C=O) groups excluding carboxylic acids is 1. The van der Waals surface area contributed by atoms with Crippen molar-refractivity contribution in [2.24, 2.45) is 4.76 Å². The number of nitrogens with zero attached hydrogens (tertiary/aromatic N) is 1. The van der Waals surface area contributed by atoms with Crippen LogP contribution in [0, 0.1) is 0 Å². The zero-order chi connectivity index (χ0) is 5.91. The molecule has 0 aromatic rings. The minimum Gasteiger partial charge on any atom is -0.223 e. The van der Waals surface area contributed by atoms with Gasteiger partial charge in [-0.25, -0.2) is 9.36 Å². The van der Waals surface area contributed by atoms with Crippen molar-refractivity contribution < 1.29 is 17.8 Å². The molecule has 0 rings (SSSR count). The molecule has 3 nitrogen and oxygen atoms in total. The summed E-state index contributed by atoms with van der Waals surface area (Å²) in [7, 11) is -5.46. The number of isocyanates is 1. The molecule has 6 heteroatoms. The van der Waals surface area contributed by atoms with Gasteiger partial charge >= 0.3 is 7.91 Å². The zero-order valence-corrected chi connectivity index (χ0v) is 3.86. The van der Waals surface area contributed by atoms with Gasteiger partial charge in [-0.15, -0.1) is 8.39 Å². The molecule has 0 aromatic heterocycles. The monoisotopic (exact) mass is 127 g/mol. The summed E-state index contributed by atoms with van der Waals surface area (Å²) in [5.74, 6) is 0. The second-order valence-electron chi connectivity index (χ2n) is 0.626. The Morgan fingerprint density at radius 1 is 1.57 bits per heavy atom. The van der Waals surface area contributed by atoms with Crippen molar-refractivity contribution in [3.05, 3.63) is 0 Å². The van der Waals surface area contributed by atoms with E-state index < -0.39 is 7.91 Å². The fraction of sp³-hybridized carbons (Fsp3) is 0. The van der Waals surface area contributed by atoms with Crippen molar-refractivity contribution in [1.29, 1.82) is 0 Å². The summed E-state index contributed by atoms with van der Waals surface area (Å²) in [6.45, 7) is 0. The molecule has 0 aliphatic heterocycles. The maximum absolute atomic E-state index is 10.8. The van der Waals surface area contributed by atoms with E-state index in [-0.39, 0.29) is 0 Å². The lowest BCUT2D eigenvalue weighted by Gasteiger charge is -1.75. The van der Waals surface area contributed by atoms with Crippen LogP contribution in [-0.2, 0) is 9.36 Å². The summed E-state index contributed by atoms with van der Waals surface area (Å²) in [5, 5.41) is 0. The van der Waals surface area contributed by atoms with Crippen LogP contribution in [0.2, 0.25) is 0 Å². The van der Waals surface area contributed by atoms with Crippen molar-refractivity contribution >= 4 is 14.0 Å². The normalized spacial score (nSPS) is 10.0. The summed E-state index contributed by atoms with van der Waals surface area (Å²) in [5.41, 5.74) is 0. The highest BCUT2D eigenvalue weighted by atomic mass is 31.2. The van der Waals surface area contributed by atoms with Crippen LogP contribution < -0.4 is 0 Å². The van der Waals surface area contributed by atoms with Gasteiger partial charge in [0.2, 0.25) is 6.08 Å². The van der Waals surface area contributed by atoms with Gasteiger partial charge in [0.05, 0.1) is 0 Å². The Morgan fingerprint density at radius 3 is 2.00 bits per heavy atom. The van der Waals surface area contributed by atoms with E-state index >= 15 is 0 Å². The highest BCUT2D eigenvalue weighted by molar-refractivity contribution is 7.51. The van der Waals surface area contributed by atoms with Crippen LogP contribution in [0.1, 0.15) is 0 Å². The van der Waals surface area contributed by atoms with Crippen molar-refractivity contribution in [3.63, 3.8) is 0 Å². The second kappa shape index (κ2) is 1.96. The van der Waals surface area contributed by atoms with Crippen LogP contribution in [0.15, 0.2) is 4.76 Å². The number of rotatable bonds is 1. The molecular weight excluding hydrogens is 127 g/mol. The molecule has 0 atom stereocenters. The molecule has 0 unspecified atom stereocenters. The molecule has 0 saturated heterocycles. The highest BCUT2D eigenvalue weighted by Crippen LogP contribution is 2.49. The third kappa shape index (κ3) is 5.47. The van der Waals surface area contributed by atoms with E-state index in [9.17, 15) is 8.39 Å². The Balaban J connectivity index is 4.10. The molecule has 0 fully saturated rings. The molecule has 0 spiro atoms. The number of halogens is 2. The largest absolute Gasteiger partial charge is 0.540 e. The number of hydrogen-bond donors (Lipinski definition) is 0. The van der Waals surface area contributed by atoms with Crippen molar-refractivity contribution in [2.45, 2.75) is 0 Å². The third-order valence-corrected chi connectivity index (χ3v) is 0.472. The lowest BCUT2D eigenvalue weighted by molar-refractivity contribution is 0.495. The van der Waals surface area contributed by atoms with E-state index in [2.05, 4.69) is 0 Å². The van der Waals surface area contributed by atoms with E-state index in [1.807, 2.05) is 0 Å². The fourth-order valence-electron chi connectivity index (χ4n) is 0.0475. The van der Waals surface area contributed by atoms with E-state index in [0.29, 0.717) is 6.08 Å². The second-order valence-corrected chi connectivity index (χ2v) is 1.70. The Labute approximate surface area is 37.7 Å². The van der Waals surface area contributed by atoms with Gasteiger partial charge in [-0.2, -0.15) is 0 Å². The molecule has 0 heterocycles. The molecular formula is CF2NO2P. The van der Waals surface area contributed by atoms with E-state index in [4.69, 9.17) is 9.36 Å². The van der Waals surface area contributed by atoms with Crippen molar-refractivity contribution in [2.75, 3.05) is 0 Å². The molecule has 7 heavy (non-hydrogen) atoms. The predicted molar refractivity (Wildman–Crippen MR) is 17.9 cm³/mol. The van der Waals surface area contributed by atoms with E-state index in [0.717, 1.165) is 0 Å². The summed E-state index contributed by atoms with van der Waals surface area (Å²) in [6.07, 6.45) is 0.470. The van der Waals surface area contributed by atoms with Gasteiger partial charge in [0.25, 0.3) is 0 Å². The standard InChI is InChI=1S/CF2NO2P/c2-7(3,6)4-1-5. The molecule has 0 bridgehead atoms. The molecule has 0 aliphatic carbocycles. The molecule has 0 radical (unpaired) electrons. The molecule has 0 amide bonds. The average molecular weight is 127 g/mol. The summed E-state index contributed by atoms with van der Waals surface area (Å²) >= 11 is 0. The van der Waals surface area contributed by atoms with Gasteiger partial charge in [0.15, 0.2) is 0 Å². The first-order valence-corrected chi connectivity index (χ1v) is 2.59. The van der Waals surface area contributed by atoms with Crippen LogP contribution in [-0.4, -0.2) is 6.08 Å². The minimum atomic E-state index is -5.46. The van der Waals surface area contributed by atoms with Gasteiger partial charge in [0.1, 0.15) is 0 Å². The highest BCUT2D eigenvalue weighted by Gasteiger charge is 2.15. The quantitative estimate of drug-likeness (QED) is 0.303. The molecule has 0 saturated carbocycles. The molecule has 0 aromatic carbocycles. The van der Waals surface area contributed by atoms with Gasteiger partial charge < -0.3 is 0 Å². The Hall–Kier alpha value is -0.530. The Morgan fingerprint density at radius 2 is 2.00 bits per heavy atom. The van der Waals surface area contributed by atoms with Crippen LogP contribution in [0.5, 0.6) is 0 Å². The molecule has 0 N–H and O–H groups in total. The molecule has 0 aliphatic rings. The van der Waals surface area contributed by atoms with Crippen LogP contribution in [0.4, 0.5) is 8.39 Å². The maximum Gasteiger partial charge on any atom is 0.540 e. The number of hydrogen-bond acceptors (Lipinski definition) is 2. The van der Waals surface area contributed by atoms with Gasteiger partial charge in [-0.1, -0.05) is 4.76 Å². The topological polar surface area (TPSA) is 46.5 Å². The van der Waals surface area contributed by atoms with Gasteiger partial charge in [-0.3, -0.25) is 0 Å². The summed E-state index contributed by atoms with van der Waals surface area (Å²) in [6, 6.07) is 0. The average Bonchev–Trinajstić information content (AvgIpc) is 1.30. The summed E-state index contributed by atoms with van der Waals surface area (Å²) in [4.78, 5) is 8.88. The zero-order valence-electron chi connectivity index (χ0n) is 2.97. The van der Waals surface area contributed by atoms with Crippen LogP contribution in [0.3, 0.4) is 0 Å².